The van der Waals surface area contributed by atoms with Crippen LogP contribution >= 0.6 is 0 Å². The molecule has 28 heavy (non-hydrogen) atoms. The number of pyridine rings is 1. The highest BCUT2D eigenvalue weighted by atomic mass is 16.5. The number of benzene rings is 1. The van der Waals surface area contributed by atoms with E-state index in [1.807, 2.05) is 7.05 Å². The van der Waals surface area contributed by atoms with Crippen molar-refractivity contribution in [2.45, 2.75) is 44.2 Å². The second-order valence-electron chi connectivity index (χ2n) is 7.32. The lowest BCUT2D eigenvalue weighted by Crippen LogP contribution is -2.31. The van der Waals surface area contributed by atoms with Gasteiger partial charge in [-0.2, -0.15) is 0 Å². The van der Waals surface area contributed by atoms with Gasteiger partial charge < -0.3 is 9.64 Å². The van der Waals surface area contributed by atoms with Crippen molar-refractivity contribution in [3.8, 4) is 5.88 Å². The predicted molar refractivity (Wildman–Crippen MR) is 110 cm³/mol. The molecule has 3 rings (SSSR count). The van der Waals surface area contributed by atoms with E-state index in [2.05, 4.69) is 46.2 Å². The highest BCUT2D eigenvalue weighted by Crippen LogP contribution is 2.24. The second-order valence-corrected chi connectivity index (χ2v) is 7.32. The van der Waals surface area contributed by atoms with Gasteiger partial charge >= 0.3 is 0 Å². The fraction of sp³-hybridized carbons (Fsp3) is 0.455. The number of hydrogen-bond donors (Lipinski definition) is 2. The summed E-state index contributed by atoms with van der Waals surface area (Å²) in [6.07, 6.45) is 7.14. The molecule has 2 aromatic rings. The van der Waals surface area contributed by atoms with Gasteiger partial charge in [-0.1, -0.05) is 43.2 Å². The molecule has 6 heteroatoms. The summed E-state index contributed by atoms with van der Waals surface area (Å²) >= 11 is 0. The van der Waals surface area contributed by atoms with E-state index in [0.717, 1.165) is 38.6 Å². The number of unbranched alkanes of at least 4 members (excludes halogenated alkanes) is 2. The molecule has 0 saturated carbocycles. The van der Waals surface area contributed by atoms with E-state index in [-0.39, 0.29) is 5.91 Å². The molecule has 2 atom stereocenters. The van der Waals surface area contributed by atoms with Gasteiger partial charge in [0.15, 0.2) is 0 Å². The van der Waals surface area contributed by atoms with Gasteiger partial charge in [0.2, 0.25) is 5.88 Å². The van der Waals surface area contributed by atoms with Crippen LogP contribution in [0.5, 0.6) is 5.88 Å². The number of hydrogen-bond acceptors (Lipinski definition) is 5. The molecule has 1 amide bonds. The van der Waals surface area contributed by atoms with Crippen LogP contribution in [0, 0.1) is 0 Å². The minimum absolute atomic E-state index is 0.0442. The lowest BCUT2D eigenvalue weighted by molar-refractivity contribution is 0.0788. The van der Waals surface area contributed by atoms with Gasteiger partial charge in [-0.25, -0.2) is 4.98 Å². The number of hydrazine groups is 1. The molecule has 1 aromatic carbocycles. The highest BCUT2D eigenvalue weighted by molar-refractivity contribution is 5.96. The summed E-state index contributed by atoms with van der Waals surface area (Å²) in [5.41, 5.74) is 8.68. The largest absolute Gasteiger partial charge is 0.480 e. The van der Waals surface area contributed by atoms with Crippen LogP contribution in [-0.4, -0.2) is 42.5 Å². The number of rotatable bonds is 9. The van der Waals surface area contributed by atoms with Crippen molar-refractivity contribution in [3.05, 3.63) is 59.8 Å². The molecule has 150 valence electrons. The predicted octanol–water partition coefficient (Wildman–Crippen LogP) is 3.33. The molecule has 2 unspecified atom stereocenters. The second kappa shape index (κ2) is 10.2. The first-order valence-corrected chi connectivity index (χ1v) is 9.99. The van der Waals surface area contributed by atoms with Gasteiger partial charge in [0.05, 0.1) is 7.11 Å². The summed E-state index contributed by atoms with van der Waals surface area (Å²) in [5.74, 6) is 0.337. The third kappa shape index (κ3) is 5.30. The van der Waals surface area contributed by atoms with Crippen LogP contribution in [0.1, 0.15) is 54.1 Å². The Morgan fingerprint density at radius 3 is 2.75 bits per heavy atom. The van der Waals surface area contributed by atoms with Crippen LogP contribution in [0.4, 0.5) is 0 Å². The van der Waals surface area contributed by atoms with Crippen LogP contribution in [0.3, 0.4) is 0 Å². The summed E-state index contributed by atoms with van der Waals surface area (Å²) < 4.78 is 5.19. The van der Waals surface area contributed by atoms with E-state index in [4.69, 9.17) is 4.74 Å². The number of aromatic nitrogens is 1. The fourth-order valence-electron chi connectivity index (χ4n) is 3.66. The van der Waals surface area contributed by atoms with Gasteiger partial charge in [0.1, 0.15) is 5.56 Å². The maximum Gasteiger partial charge on any atom is 0.259 e. The molecule has 0 aliphatic carbocycles. The van der Waals surface area contributed by atoms with Crippen LogP contribution < -0.4 is 15.6 Å². The van der Waals surface area contributed by atoms with Crippen LogP contribution in [0.2, 0.25) is 0 Å². The van der Waals surface area contributed by atoms with Crippen LogP contribution in [-0.2, 0) is 0 Å². The molecule has 1 fully saturated rings. The van der Waals surface area contributed by atoms with Crippen molar-refractivity contribution < 1.29 is 9.53 Å². The standard InChI is InChI=1S/C22H30N4O2/c1-26(22(27)19-13-9-14-23-21(19)28-2)15-8-4-7-12-18-16-20(25-24-18)17-10-5-3-6-11-17/h3,5-6,9-11,13-14,18,20,24-25H,4,7-8,12,15-16H2,1-2H3. The van der Waals surface area contributed by atoms with Crippen LogP contribution in [0.15, 0.2) is 48.7 Å². The van der Waals surface area contributed by atoms with E-state index in [1.54, 1.807) is 23.2 Å². The Morgan fingerprint density at radius 1 is 1.14 bits per heavy atom. The Kier molecular flexibility index (Phi) is 7.39. The average Bonchev–Trinajstić information content (AvgIpc) is 3.22. The number of ether oxygens (including phenoxy) is 1. The molecule has 6 nitrogen and oxygen atoms in total. The average molecular weight is 383 g/mol. The minimum Gasteiger partial charge on any atom is -0.480 e. The third-order valence-corrected chi connectivity index (χ3v) is 5.27. The van der Waals surface area contributed by atoms with E-state index >= 15 is 0 Å². The minimum atomic E-state index is -0.0442. The molecule has 2 heterocycles. The zero-order valence-electron chi connectivity index (χ0n) is 16.7. The Labute approximate surface area is 167 Å². The fourth-order valence-corrected chi connectivity index (χ4v) is 3.66. The monoisotopic (exact) mass is 382 g/mol. The maximum atomic E-state index is 12.6. The Hall–Kier alpha value is -2.44. The van der Waals surface area contributed by atoms with Crippen molar-refractivity contribution in [1.29, 1.82) is 0 Å². The number of nitrogens with one attached hydrogen (secondary N) is 2. The zero-order valence-corrected chi connectivity index (χ0v) is 16.7. The Balaban J connectivity index is 1.34. The first kappa shape index (κ1) is 20.3. The summed E-state index contributed by atoms with van der Waals surface area (Å²) in [6, 6.07) is 15.0. The van der Waals surface area contributed by atoms with E-state index in [1.165, 1.54) is 12.7 Å². The Morgan fingerprint density at radius 2 is 1.96 bits per heavy atom. The Bertz CT molecular complexity index is 753. The normalized spacial score (nSPS) is 18.8. The molecule has 0 radical (unpaired) electrons. The first-order chi connectivity index (χ1) is 13.7. The SMILES string of the molecule is COc1ncccc1C(=O)N(C)CCCCCC1CC(c2ccccc2)NN1. The van der Waals surface area contributed by atoms with Crippen molar-refractivity contribution >= 4 is 5.91 Å². The summed E-state index contributed by atoms with van der Waals surface area (Å²) in [6.45, 7) is 0.736. The van der Waals surface area contributed by atoms with Gasteiger partial charge in [-0.3, -0.25) is 15.6 Å². The molecule has 0 spiro atoms. The molecule has 0 bridgehead atoms. The molecular formula is C22H30N4O2. The van der Waals surface area contributed by atoms with Crippen molar-refractivity contribution in [3.63, 3.8) is 0 Å². The molecular weight excluding hydrogens is 352 g/mol. The van der Waals surface area contributed by atoms with Crippen molar-refractivity contribution in [1.82, 2.24) is 20.7 Å². The van der Waals surface area contributed by atoms with Crippen molar-refractivity contribution in [2.24, 2.45) is 0 Å². The third-order valence-electron chi connectivity index (χ3n) is 5.27. The van der Waals surface area contributed by atoms with Gasteiger partial charge in [0, 0.05) is 31.9 Å². The van der Waals surface area contributed by atoms with Gasteiger partial charge in [0.25, 0.3) is 5.91 Å². The number of amides is 1. The van der Waals surface area contributed by atoms with Crippen molar-refractivity contribution in [2.75, 3.05) is 20.7 Å². The molecule has 1 aliphatic heterocycles. The van der Waals surface area contributed by atoms with E-state index in [9.17, 15) is 4.79 Å². The molecule has 1 saturated heterocycles. The zero-order chi connectivity index (χ0) is 19.8. The maximum absolute atomic E-state index is 12.6. The number of nitrogens with zero attached hydrogens (tertiary/aromatic N) is 2. The number of carbonyl (C=O) groups excluding carboxylic acids is 1. The smallest absolute Gasteiger partial charge is 0.259 e. The van der Waals surface area contributed by atoms with Crippen LogP contribution in [0.25, 0.3) is 0 Å². The molecule has 2 N–H and O–H groups in total. The van der Waals surface area contributed by atoms with Gasteiger partial charge in [-0.05, 0) is 37.0 Å². The summed E-state index contributed by atoms with van der Waals surface area (Å²) in [5, 5.41) is 0. The van der Waals surface area contributed by atoms with E-state index in [0.29, 0.717) is 23.5 Å². The van der Waals surface area contributed by atoms with Gasteiger partial charge in [-0.15, -0.1) is 0 Å². The lowest BCUT2D eigenvalue weighted by atomic mass is 9.99. The van der Waals surface area contributed by atoms with E-state index < -0.39 is 0 Å². The first-order valence-electron chi connectivity index (χ1n) is 9.99. The summed E-state index contributed by atoms with van der Waals surface area (Å²) in [7, 11) is 3.37. The molecule has 1 aromatic heterocycles. The topological polar surface area (TPSA) is 66.5 Å². The quantitative estimate of drug-likeness (QED) is 0.651. The summed E-state index contributed by atoms with van der Waals surface area (Å²) in [4.78, 5) is 18.4. The highest BCUT2D eigenvalue weighted by Gasteiger charge is 2.24. The lowest BCUT2D eigenvalue weighted by Gasteiger charge is -2.18. The molecule has 1 aliphatic rings. The number of methoxy groups -OCH3 is 1. The number of carbonyl (C=O) groups is 1.